The van der Waals surface area contributed by atoms with E-state index >= 15 is 0 Å². The summed E-state index contributed by atoms with van der Waals surface area (Å²) in [5, 5.41) is 11.7. The molecule has 5 heteroatoms. The summed E-state index contributed by atoms with van der Waals surface area (Å²) in [6.45, 7) is 4.17. The second-order valence-electron chi connectivity index (χ2n) is 4.96. The van der Waals surface area contributed by atoms with Gasteiger partial charge in [0.1, 0.15) is 0 Å². The molecular weight excluding hydrogens is 268 g/mol. The number of pyridine rings is 1. The molecule has 0 fully saturated rings. The van der Waals surface area contributed by atoms with E-state index in [0.29, 0.717) is 11.6 Å². The average molecular weight is 284 g/mol. The highest BCUT2D eigenvalue weighted by Crippen LogP contribution is 2.18. The van der Waals surface area contributed by atoms with E-state index in [9.17, 15) is 9.59 Å². The van der Waals surface area contributed by atoms with Crippen LogP contribution in [0.4, 0.5) is 5.69 Å². The van der Waals surface area contributed by atoms with Gasteiger partial charge in [0.05, 0.1) is 11.1 Å². The molecule has 1 amide bonds. The van der Waals surface area contributed by atoms with Gasteiger partial charge in [0.25, 0.3) is 5.91 Å². The number of carbonyl (C=O) groups is 2. The minimum absolute atomic E-state index is 0.0884. The number of carboxylic acids is 1. The molecule has 0 aliphatic heterocycles. The number of benzene rings is 1. The number of aromatic carboxylic acids is 1. The highest BCUT2D eigenvalue weighted by Gasteiger charge is 2.16. The molecule has 2 N–H and O–H groups in total. The van der Waals surface area contributed by atoms with Crippen molar-refractivity contribution in [3.8, 4) is 0 Å². The zero-order chi connectivity index (χ0) is 15.4. The fraction of sp³-hybridized carbons (Fsp3) is 0.188. The smallest absolute Gasteiger partial charge is 0.338 e. The monoisotopic (exact) mass is 284 g/mol. The van der Waals surface area contributed by atoms with Gasteiger partial charge in [-0.25, -0.2) is 4.79 Å². The third-order valence-electron chi connectivity index (χ3n) is 3.13. The summed E-state index contributed by atoms with van der Waals surface area (Å²) in [5.41, 5.74) is 1.76. The molecule has 5 nitrogen and oxygen atoms in total. The molecular formula is C16H16N2O3. The molecule has 108 valence electrons. The predicted octanol–water partition coefficient (Wildman–Crippen LogP) is 3.16. The number of anilines is 1. The van der Waals surface area contributed by atoms with Gasteiger partial charge >= 0.3 is 5.97 Å². The van der Waals surface area contributed by atoms with Crippen molar-refractivity contribution < 1.29 is 14.7 Å². The van der Waals surface area contributed by atoms with Crippen molar-refractivity contribution >= 4 is 17.6 Å². The van der Waals surface area contributed by atoms with Crippen molar-refractivity contribution in [3.63, 3.8) is 0 Å². The van der Waals surface area contributed by atoms with E-state index in [1.54, 1.807) is 12.1 Å². The van der Waals surface area contributed by atoms with Gasteiger partial charge in [-0.15, -0.1) is 0 Å². The number of hydrogen-bond acceptors (Lipinski definition) is 3. The number of rotatable bonds is 4. The first-order valence-electron chi connectivity index (χ1n) is 6.57. The van der Waals surface area contributed by atoms with Gasteiger partial charge in [-0.05, 0) is 29.7 Å². The Morgan fingerprint density at radius 3 is 2.33 bits per heavy atom. The van der Waals surface area contributed by atoms with Gasteiger partial charge in [0.15, 0.2) is 0 Å². The van der Waals surface area contributed by atoms with Gasteiger partial charge in [-0.2, -0.15) is 0 Å². The van der Waals surface area contributed by atoms with E-state index in [4.69, 9.17) is 5.11 Å². The van der Waals surface area contributed by atoms with E-state index < -0.39 is 11.9 Å². The SMILES string of the molecule is CC(C)c1ccc(NC(=O)c2ccncc2C(=O)O)cc1. The van der Waals surface area contributed by atoms with E-state index in [-0.39, 0.29) is 11.1 Å². The first-order chi connectivity index (χ1) is 9.99. The molecule has 0 atom stereocenters. The van der Waals surface area contributed by atoms with Crippen molar-refractivity contribution in [1.29, 1.82) is 0 Å². The molecule has 0 aliphatic rings. The zero-order valence-corrected chi connectivity index (χ0v) is 11.8. The Morgan fingerprint density at radius 2 is 1.76 bits per heavy atom. The number of amides is 1. The summed E-state index contributed by atoms with van der Waals surface area (Å²) in [5.74, 6) is -1.23. The fourth-order valence-electron chi connectivity index (χ4n) is 1.91. The Morgan fingerprint density at radius 1 is 1.10 bits per heavy atom. The van der Waals surface area contributed by atoms with E-state index in [2.05, 4.69) is 24.1 Å². The average Bonchev–Trinajstić information content (AvgIpc) is 2.47. The zero-order valence-electron chi connectivity index (χ0n) is 11.8. The van der Waals surface area contributed by atoms with Crippen molar-refractivity contribution in [1.82, 2.24) is 4.98 Å². The lowest BCUT2D eigenvalue weighted by molar-refractivity contribution is 0.0692. The topological polar surface area (TPSA) is 79.3 Å². The molecule has 0 saturated carbocycles. The summed E-state index contributed by atoms with van der Waals surface area (Å²) < 4.78 is 0. The van der Waals surface area contributed by atoms with Crippen molar-refractivity contribution in [2.24, 2.45) is 0 Å². The predicted molar refractivity (Wildman–Crippen MR) is 79.7 cm³/mol. The third kappa shape index (κ3) is 3.45. The van der Waals surface area contributed by atoms with Crippen LogP contribution >= 0.6 is 0 Å². The summed E-state index contributed by atoms with van der Waals surface area (Å²) in [6, 6.07) is 8.86. The second-order valence-corrected chi connectivity index (χ2v) is 4.96. The van der Waals surface area contributed by atoms with Crippen LogP contribution in [0.5, 0.6) is 0 Å². The van der Waals surface area contributed by atoms with Crippen molar-refractivity contribution in [2.75, 3.05) is 5.32 Å². The van der Waals surface area contributed by atoms with Crippen LogP contribution in [0.3, 0.4) is 0 Å². The number of aromatic nitrogens is 1. The lowest BCUT2D eigenvalue weighted by Gasteiger charge is -2.09. The molecule has 21 heavy (non-hydrogen) atoms. The quantitative estimate of drug-likeness (QED) is 0.903. The van der Waals surface area contributed by atoms with Crippen molar-refractivity contribution in [2.45, 2.75) is 19.8 Å². The molecule has 0 aliphatic carbocycles. The number of nitrogens with zero attached hydrogens (tertiary/aromatic N) is 1. The lowest BCUT2D eigenvalue weighted by Crippen LogP contribution is -2.16. The van der Waals surface area contributed by atoms with Crippen LogP contribution in [0.1, 0.15) is 46.0 Å². The summed E-state index contributed by atoms with van der Waals surface area (Å²) in [4.78, 5) is 27.0. The van der Waals surface area contributed by atoms with Crippen LogP contribution in [0, 0.1) is 0 Å². The highest BCUT2D eigenvalue weighted by molar-refractivity contribution is 6.10. The molecule has 0 unspecified atom stereocenters. The van der Waals surface area contributed by atoms with Gasteiger partial charge in [-0.3, -0.25) is 9.78 Å². The third-order valence-corrected chi connectivity index (χ3v) is 3.13. The molecule has 0 saturated heterocycles. The molecule has 1 aromatic heterocycles. The number of carbonyl (C=O) groups excluding carboxylic acids is 1. The number of nitrogens with one attached hydrogen (secondary N) is 1. The van der Waals surface area contributed by atoms with Crippen LogP contribution in [-0.2, 0) is 0 Å². The van der Waals surface area contributed by atoms with Crippen molar-refractivity contribution in [3.05, 3.63) is 59.4 Å². The van der Waals surface area contributed by atoms with Gasteiger partial charge < -0.3 is 10.4 Å². The Kier molecular flexibility index (Phi) is 4.33. The van der Waals surface area contributed by atoms with E-state index in [1.807, 2.05) is 12.1 Å². The van der Waals surface area contributed by atoms with Gasteiger partial charge in [-0.1, -0.05) is 26.0 Å². The van der Waals surface area contributed by atoms with Crippen LogP contribution in [0.25, 0.3) is 0 Å². The maximum absolute atomic E-state index is 12.2. The first-order valence-corrected chi connectivity index (χ1v) is 6.57. The summed E-state index contributed by atoms with van der Waals surface area (Å²) in [7, 11) is 0. The second kappa shape index (κ2) is 6.17. The molecule has 0 radical (unpaired) electrons. The van der Waals surface area contributed by atoms with Gasteiger partial charge in [0, 0.05) is 18.1 Å². The normalized spacial score (nSPS) is 10.4. The lowest BCUT2D eigenvalue weighted by atomic mass is 10.0. The largest absolute Gasteiger partial charge is 0.478 e. The van der Waals surface area contributed by atoms with Crippen LogP contribution in [0.2, 0.25) is 0 Å². The van der Waals surface area contributed by atoms with Crippen LogP contribution < -0.4 is 5.32 Å². The maximum Gasteiger partial charge on any atom is 0.338 e. The molecule has 2 rings (SSSR count). The Bertz CT molecular complexity index is 663. The molecule has 1 heterocycles. The first kappa shape index (κ1) is 14.7. The minimum Gasteiger partial charge on any atom is -0.478 e. The van der Waals surface area contributed by atoms with Gasteiger partial charge in [0.2, 0.25) is 0 Å². The van der Waals surface area contributed by atoms with Crippen LogP contribution in [-0.4, -0.2) is 22.0 Å². The van der Waals surface area contributed by atoms with E-state index in [0.717, 1.165) is 0 Å². The maximum atomic E-state index is 12.2. The highest BCUT2D eigenvalue weighted by atomic mass is 16.4. The van der Waals surface area contributed by atoms with Crippen LogP contribution in [0.15, 0.2) is 42.7 Å². The minimum atomic E-state index is -1.18. The molecule has 1 aromatic carbocycles. The molecule has 0 spiro atoms. The molecule has 2 aromatic rings. The van der Waals surface area contributed by atoms with E-state index in [1.165, 1.54) is 24.0 Å². The number of carboxylic acid groups (broad SMARTS) is 1. The molecule has 0 bridgehead atoms. The Balaban J connectivity index is 2.20. The Hall–Kier alpha value is -2.69. The fourth-order valence-corrected chi connectivity index (χ4v) is 1.91. The standard InChI is InChI=1S/C16H16N2O3/c1-10(2)11-3-5-12(6-4-11)18-15(19)13-7-8-17-9-14(13)16(20)21/h3-10H,1-2H3,(H,18,19)(H,20,21). The summed E-state index contributed by atoms with van der Waals surface area (Å²) in [6.07, 6.45) is 2.56. The Labute approximate surface area is 122 Å². The summed E-state index contributed by atoms with van der Waals surface area (Å²) >= 11 is 0. The number of hydrogen-bond donors (Lipinski definition) is 2.